The minimum absolute atomic E-state index is 0.00218. The topological polar surface area (TPSA) is 130 Å². The van der Waals surface area contributed by atoms with Gasteiger partial charge in [0, 0.05) is 35.3 Å². The predicted molar refractivity (Wildman–Crippen MR) is 140 cm³/mol. The van der Waals surface area contributed by atoms with E-state index in [1.165, 1.54) is 4.90 Å². The number of hydrogen-bond acceptors (Lipinski definition) is 7. The molecule has 0 spiro atoms. The fraction of sp³-hybridized carbons (Fsp3) is 0.357. The first-order valence-corrected chi connectivity index (χ1v) is 12.3. The van der Waals surface area contributed by atoms with E-state index in [9.17, 15) is 14.4 Å². The molecule has 3 N–H and O–H groups in total. The maximum atomic E-state index is 12.9. The van der Waals surface area contributed by atoms with Crippen LogP contribution in [0.3, 0.4) is 0 Å². The van der Waals surface area contributed by atoms with Crippen molar-refractivity contribution >= 4 is 28.8 Å². The molecule has 0 radical (unpaired) electrons. The number of aromatic nitrogens is 1. The number of nitrogens with one attached hydrogen (secondary N) is 2. The predicted octanol–water partition coefficient (Wildman–Crippen LogP) is 3.59. The third-order valence-corrected chi connectivity index (χ3v) is 6.18. The Bertz CT molecular complexity index is 1340. The van der Waals surface area contributed by atoms with E-state index in [2.05, 4.69) is 10.3 Å². The first-order valence-electron chi connectivity index (χ1n) is 12.3. The number of amides is 3. The van der Waals surface area contributed by atoms with Gasteiger partial charge in [-0.3, -0.25) is 19.8 Å². The van der Waals surface area contributed by atoms with Gasteiger partial charge in [0.05, 0.1) is 17.5 Å². The van der Waals surface area contributed by atoms with Crippen LogP contribution < -0.4 is 15.5 Å². The van der Waals surface area contributed by atoms with Crippen LogP contribution in [0.15, 0.2) is 54.6 Å². The zero-order valence-corrected chi connectivity index (χ0v) is 21.9. The lowest BCUT2D eigenvalue weighted by Gasteiger charge is -2.24. The molecule has 2 aromatic carbocycles. The molecular weight excluding hydrogens is 488 g/mol. The van der Waals surface area contributed by atoms with Crippen LogP contribution in [-0.4, -0.2) is 57.7 Å². The summed E-state index contributed by atoms with van der Waals surface area (Å²) in [5.74, 6) is -1.35. The van der Waals surface area contributed by atoms with Gasteiger partial charge in [-0.25, -0.2) is 10.3 Å². The number of para-hydroxylation sites is 1. The van der Waals surface area contributed by atoms with Gasteiger partial charge in [-0.15, -0.1) is 0 Å². The van der Waals surface area contributed by atoms with E-state index >= 15 is 0 Å². The van der Waals surface area contributed by atoms with Gasteiger partial charge < -0.3 is 19.7 Å². The van der Waals surface area contributed by atoms with Crippen molar-refractivity contribution in [3.63, 3.8) is 0 Å². The molecule has 1 aliphatic rings. The second kappa shape index (κ2) is 11.1. The van der Waals surface area contributed by atoms with Gasteiger partial charge in [-0.05, 0) is 64.1 Å². The third kappa shape index (κ3) is 6.38. The molecule has 1 saturated heterocycles. The zero-order chi connectivity index (χ0) is 27.4. The van der Waals surface area contributed by atoms with E-state index in [0.717, 1.165) is 22.2 Å². The Labute approximate surface area is 220 Å². The number of hydrogen-bond donors (Lipinski definition) is 3. The van der Waals surface area contributed by atoms with Crippen molar-refractivity contribution < 1.29 is 29.1 Å². The van der Waals surface area contributed by atoms with E-state index < -0.39 is 35.5 Å². The minimum Gasteiger partial charge on any atom is -0.489 e. The molecule has 0 saturated carbocycles. The number of aryl methyl sites for hydroxylation is 1. The molecule has 1 fully saturated rings. The van der Waals surface area contributed by atoms with E-state index in [-0.39, 0.29) is 13.1 Å². The second-order valence-electron chi connectivity index (χ2n) is 10.3. The van der Waals surface area contributed by atoms with Gasteiger partial charge in [0.25, 0.3) is 5.91 Å². The lowest BCUT2D eigenvalue weighted by Crippen LogP contribution is -2.45. The monoisotopic (exact) mass is 520 g/mol. The number of ether oxygens (including phenoxy) is 2. The fourth-order valence-electron chi connectivity index (χ4n) is 4.40. The fourth-order valence-corrected chi connectivity index (χ4v) is 4.40. The Morgan fingerprint density at radius 1 is 1.08 bits per heavy atom. The average Bonchev–Trinajstić information content (AvgIpc) is 3.30. The largest absolute Gasteiger partial charge is 0.489 e. The Morgan fingerprint density at radius 3 is 2.47 bits per heavy atom. The highest BCUT2D eigenvalue weighted by molar-refractivity contribution is 5.95. The molecule has 2 atom stereocenters. The molecule has 10 heteroatoms. The normalized spacial score (nSPS) is 17.2. The Balaban J connectivity index is 1.40. The smallest absolute Gasteiger partial charge is 0.410 e. The lowest BCUT2D eigenvalue weighted by atomic mass is 10.0. The van der Waals surface area contributed by atoms with E-state index in [4.69, 9.17) is 14.7 Å². The van der Waals surface area contributed by atoms with Gasteiger partial charge in [0.15, 0.2) is 0 Å². The summed E-state index contributed by atoms with van der Waals surface area (Å²) in [5.41, 5.74) is 4.09. The summed E-state index contributed by atoms with van der Waals surface area (Å²) in [7, 11) is 0. The molecular formula is C28H32N4O6. The van der Waals surface area contributed by atoms with Gasteiger partial charge >= 0.3 is 6.09 Å². The molecule has 1 aliphatic heterocycles. The average molecular weight is 521 g/mol. The van der Waals surface area contributed by atoms with Gasteiger partial charge in [0.1, 0.15) is 18.0 Å². The molecule has 10 nitrogen and oxygen atoms in total. The highest BCUT2D eigenvalue weighted by Gasteiger charge is 2.41. The molecule has 1 aromatic heterocycles. The summed E-state index contributed by atoms with van der Waals surface area (Å²) < 4.78 is 11.4. The van der Waals surface area contributed by atoms with Crippen molar-refractivity contribution in [2.45, 2.75) is 45.9 Å². The quantitative estimate of drug-likeness (QED) is 0.334. The Hall–Kier alpha value is -4.18. The van der Waals surface area contributed by atoms with Crippen molar-refractivity contribution in [2.24, 2.45) is 5.92 Å². The third-order valence-electron chi connectivity index (χ3n) is 6.18. The molecule has 0 unspecified atom stereocenters. The van der Waals surface area contributed by atoms with E-state index in [1.807, 2.05) is 37.3 Å². The Morgan fingerprint density at radius 2 is 1.79 bits per heavy atom. The summed E-state index contributed by atoms with van der Waals surface area (Å²) >= 11 is 0. The van der Waals surface area contributed by atoms with Crippen LogP contribution in [0, 0.1) is 12.8 Å². The number of likely N-dealkylation sites (tertiary alicyclic amines) is 1. The van der Waals surface area contributed by atoms with Crippen molar-refractivity contribution in [1.82, 2.24) is 20.7 Å². The molecule has 0 bridgehead atoms. The molecule has 3 amide bonds. The van der Waals surface area contributed by atoms with Crippen LogP contribution in [0.1, 0.15) is 42.4 Å². The van der Waals surface area contributed by atoms with Crippen LogP contribution in [0.2, 0.25) is 0 Å². The van der Waals surface area contributed by atoms with Gasteiger partial charge in [-0.2, -0.15) is 0 Å². The van der Waals surface area contributed by atoms with Gasteiger partial charge in [0.2, 0.25) is 5.91 Å². The van der Waals surface area contributed by atoms with Crippen LogP contribution >= 0.6 is 0 Å². The van der Waals surface area contributed by atoms with Crippen LogP contribution in [0.25, 0.3) is 10.9 Å². The highest BCUT2D eigenvalue weighted by atomic mass is 16.6. The van der Waals surface area contributed by atoms with Crippen molar-refractivity contribution in [3.05, 3.63) is 71.4 Å². The SMILES string of the molecule is Cc1cc(COc2ccc(C(=O)N[C@H]3CN(C(=O)OC(C)(C)C)C[C@@H]3C(=O)NO)cc2)c2ccccc2n1. The van der Waals surface area contributed by atoms with Crippen molar-refractivity contribution in [3.8, 4) is 5.75 Å². The number of fused-ring (bicyclic) bond motifs is 1. The highest BCUT2D eigenvalue weighted by Crippen LogP contribution is 2.23. The lowest BCUT2D eigenvalue weighted by molar-refractivity contribution is -0.133. The van der Waals surface area contributed by atoms with Crippen LogP contribution in [0.4, 0.5) is 4.79 Å². The minimum atomic E-state index is -0.835. The number of nitrogens with zero attached hydrogens (tertiary/aromatic N) is 2. The van der Waals surface area contributed by atoms with Crippen LogP contribution in [0.5, 0.6) is 5.75 Å². The number of pyridine rings is 1. The molecule has 0 aliphatic carbocycles. The molecule has 200 valence electrons. The van der Waals surface area contributed by atoms with E-state index in [0.29, 0.717) is 17.9 Å². The summed E-state index contributed by atoms with van der Waals surface area (Å²) in [5, 5.41) is 13.0. The molecule has 38 heavy (non-hydrogen) atoms. The van der Waals surface area contributed by atoms with E-state index in [1.54, 1.807) is 50.5 Å². The molecule has 3 aromatic rings. The number of hydroxylamine groups is 1. The second-order valence-corrected chi connectivity index (χ2v) is 10.3. The van der Waals surface area contributed by atoms with Crippen molar-refractivity contribution in [2.75, 3.05) is 13.1 Å². The van der Waals surface area contributed by atoms with Crippen molar-refractivity contribution in [1.29, 1.82) is 0 Å². The maximum Gasteiger partial charge on any atom is 0.410 e. The summed E-state index contributed by atoms with van der Waals surface area (Å²) in [6.07, 6.45) is -0.594. The standard InChI is InChI=1S/C28H32N4O6/c1-17-13-19(21-7-5-6-8-23(21)29-17)16-37-20-11-9-18(10-12-20)25(33)30-24-15-32(14-22(24)26(34)31-36)27(35)38-28(2,3)4/h5-13,22,24,36H,14-16H2,1-4H3,(H,30,33)(H,31,34)/t22-,24-/m0/s1. The first-order chi connectivity index (χ1) is 18.0. The molecule has 4 rings (SSSR count). The number of carbonyl (C=O) groups is 3. The summed E-state index contributed by atoms with van der Waals surface area (Å²) in [6, 6.07) is 15.8. The number of carbonyl (C=O) groups excluding carboxylic acids is 3. The molecule has 2 heterocycles. The maximum absolute atomic E-state index is 12.9. The number of benzene rings is 2. The number of rotatable bonds is 6. The Kier molecular flexibility index (Phi) is 7.82. The summed E-state index contributed by atoms with van der Waals surface area (Å²) in [6.45, 7) is 7.58. The van der Waals surface area contributed by atoms with Crippen LogP contribution in [-0.2, 0) is 16.1 Å². The summed E-state index contributed by atoms with van der Waals surface area (Å²) in [4.78, 5) is 43.6. The van der Waals surface area contributed by atoms with Gasteiger partial charge in [-0.1, -0.05) is 18.2 Å². The first kappa shape index (κ1) is 26.9. The zero-order valence-electron chi connectivity index (χ0n) is 21.9.